The first kappa shape index (κ1) is 16.8. The molecule has 0 aliphatic heterocycles. The summed E-state index contributed by atoms with van der Waals surface area (Å²) in [6, 6.07) is 0. The third-order valence-electron chi connectivity index (χ3n) is 1.93. The van der Waals surface area contributed by atoms with Crippen LogP contribution >= 0.6 is 0 Å². The van der Waals surface area contributed by atoms with Crippen LogP contribution in [-0.2, 0) is 23.8 Å². The van der Waals surface area contributed by atoms with Crippen LogP contribution in [0.5, 0.6) is 0 Å². The molecule has 0 heterocycles. The molecule has 2 amide bonds. The maximum atomic E-state index is 11.3. The minimum atomic E-state index is -0.767. The number of aliphatic hydroxyl groups is 1. The number of nitrogens with one attached hydrogen (secondary N) is 2. The first-order chi connectivity index (χ1) is 8.65. The Morgan fingerprint density at radius 2 is 1.72 bits per heavy atom. The molecule has 106 valence electrons. The topological polar surface area (TPSA) is 106 Å². The Morgan fingerprint density at radius 1 is 1.11 bits per heavy atom. The van der Waals surface area contributed by atoms with Crippen molar-refractivity contribution >= 4 is 11.8 Å². The van der Waals surface area contributed by atoms with Crippen molar-refractivity contribution in [3.05, 3.63) is 0 Å². The summed E-state index contributed by atoms with van der Waals surface area (Å²) in [7, 11) is 2.86. The van der Waals surface area contributed by atoms with E-state index in [2.05, 4.69) is 10.6 Å². The summed E-state index contributed by atoms with van der Waals surface area (Å²) in [5, 5.41) is 13.1. The lowest BCUT2D eigenvalue weighted by Gasteiger charge is -2.13. The van der Waals surface area contributed by atoms with Crippen LogP contribution in [-0.4, -0.2) is 70.3 Å². The Balaban J connectivity index is 3.66. The first-order valence-electron chi connectivity index (χ1n) is 5.46. The van der Waals surface area contributed by atoms with Gasteiger partial charge in [-0.05, 0) is 0 Å². The highest BCUT2D eigenvalue weighted by molar-refractivity contribution is 6.35. The molecule has 0 saturated heterocycles. The molecular formula is C10H20N2O6. The lowest BCUT2D eigenvalue weighted by Crippen LogP contribution is -2.44. The van der Waals surface area contributed by atoms with Crippen molar-refractivity contribution < 1.29 is 28.9 Å². The average Bonchev–Trinajstić information content (AvgIpc) is 2.39. The molecule has 0 spiro atoms. The van der Waals surface area contributed by atoms with E-state index in [9.17, 15) is 9.59 Å². The quantitative estimate of drug-likeness (QED) is 0.249. The monoisotopic (exact) mass is 264 g/mol. The Hall–Kier alpha value is -1.22. The van der Waals surface area contributed by atoms with Crippen LogP contribution in [0.2, 0.25) is 0 Å². The summed E-state index contributed by atoms with van der Waals surface area (Å²) >= 11 is 0. The number of ether oxygens (including phenoxy) is 3. The van der Waals surface area contributed by atoms with Gasteiger partial charge in [0.25, 0.3) is 0 Å². The van der Waals surface area contributed by atoms with Gasteiger partial charge in [0.2, 0.25) is 0 Å². The van der Waals surface area contributed by atoms with E-state index in [0.29, 0.717) is 0 Å². The van der Waals surface area contributed by atoms with Gasteiger partial charge in [0.15, 0.2) is 6.29 Å². The van der Waals surface area contributed by atoms with Gasteiger partial charge >= 0.3 is 11.8 Å². The van der Waals surface area contributed by atoms with Crippen molar-refractivity contribution in [3.63, 3.8) is 0 Å². The predicted octanol–water partition coefficient (Wildman–Crippen LogP) is -2.15. The molecule has 0 bridgehead atoms. The van der Waals surface area contributed by atoms with Crippen molar-refractivity contribution in [1.29, 1.82) is 0 Å². The van der Waals surface area contributed by atoms with E-state index < -0.39 is 18.1 Å². The SMILES string of the molecule is COC(CNC(=O)C(=O)NCCOCCO)OC. The number of hydrogen-bond acceptors (Lipinski definition) is 6. The molecule has 8 heteroatoms. The summed E-state index contributed by atoms with van der Waals surface area (Å²) in [5.74, 6) is -1.52. The normalized spacial score (nSPS) is 10.4. The van der Waals surface area contributed by atoms with E-state index in [0.717, 1.165) is 0 Å². The van der Waals surface area contributed by atoms with E-state index in [-0.39, 0.29) is 32.9 Å². The molecule has 0 aromatic rings. The van der Waals surface area contributed by atoms with E-state index in [1.807, 2.05) is 0 Å². The molecule has 0 saturated carbocycles. The zero-order valence-electron chi connectivity index (χ0n) is 10.6. The Bertz CT molecular complexity index is 245. The number of amides is 2. The van der Waals surface area contributed by atoms with Crippen LogP contribution in [0.4, 0.5) is 0 Å². The smallest absolute Gasteiger partial charge is 0.309 e. The Labute approximate surface area is 106 Å². The van der Waals surface area contributed by atoms with E-state index in [1.54, 1.807) is 0 Å². The van der Waals surface area contributed by atoms with Gasteiger partial charge < -0.3 is 30.0 Å². The van der Waals surface area contributed by atoms with Crippen LogP contribution < -0.4 is 10.6 Å². The molecule has 8 nitrogen and oxygen atoms in total. The highest BCUT2D eigenvalue weighted by Crippen LogP contribution is 1.87. The lowest BCUT2D eigenvalue weighted by atomic mass is 10.5. The Kier molecular flexibility index (Phi) is 10.2. The lowest BCUT2D eigenvalue weighted by molar-refractivity contribution is -0.141. The second kappa shape index (κ2) is 10.9. The second-order valence-electron chi connectivity index (χ2n) is 3.20. The van der Waals surface area contributed by atoms with Crippen LogP contribution in [0.1, 0.15) is 0 Å². The minimum absolute atomic E-state index is 0.0795. The number of methoxy groups -OCH3 is 2. The van der Waals surface area contributed by atoms with Gasteiger partial charge in [0, 0.05) is 20.8 Å². The van der Waals surface area contributed by atoms with Crippen molar-refractivity contribution in [2.75, 3.05) is 47.1 Å². The molecule has 0 atom stereocenters. The molecule has 18 heavy (non-hydrogen) atoms. The number of rotatable bonds is 9. The summed E-state index contributed by atoms with van der Waals surface area (Å²) in [6.07, 6.45) is -0.588. The Morgan fingerprint density at radius 3 is 2.28 bits per heavy atom. The minimum Gasteiger partial charge on any atom is -0.394 e. The van der Waals surface area contributed by atoms with E-state index >= 15 is 0 Å². The number of carbonyl (C=O) groups excluding carboxylic acids is 2. The van der Waals surface area contributed by atoms with Gasteiger partial charge in [-0.2, -0.15) is 0 Å². The molecule has 0 unspecified atom stereocenters. The maximum Gasteiger partial charge on any atom is 0.309 e. The van der Waals surface area contributed by atoms with Gasteiger partial charge in [0.1, 0.15) is 0 Å². The van der Waals surface area contributed by atoms with Crippen LogP contribution in [0.3, 0.4) is 0 Å². The van der Waals surface area contributed by atoms with Crippen molar-refractivity contribution in [3.8, 4) is 0 Å². The number of aliphatic hydroxyl groups excluding tert-OH is 1. The summed E-state index contributed by atoms with van der Waals surface area (Å²) in [4.78, 5) is 22.5. The van der Waals surface area contributed by atoms with Gasteiger partial charge in [-0.1, -0.05) is 0 Å². The molecule has 0 aliphatic rings. The van der Waals surface area contributed by atoms with Crippen LogP contribution in [0.15, 0.2) is 0 Å². The zero-order chi connectivity index (χ0) is 13.8. The van der Waals surface area contributed by atoms with E-state index in [1.165, 1.54) is 14.2 Å². The first-order valence-corrected chi connectivity index (χ1v) is 5.46. The van der Waals surface area contributed by atoms with Crippen LogP contribution in [0, 0.1) is 0 Å². The summed E-state index contributed by atoms with van der Waals surface area (Å²) < 4.78 is 14.6. The van der Waals surface area contributed by atoms with Crippen molar-refractivity contribution in [2.45, 2.75) is 6.29 Å². The molecular weight excluding hydrogens is 244 g/mol. The fourth-order valence-corrected chi connectivity index (χ4v) is 1.00. The van der Waals surface area contributed by atoms with Gasteiger partial charge in [-0.15, -0.1) is 0 Å². The predicted molar refractivity (Wildman–Crippen MR) is 61.7 cm³/mol. The standard InChI is InChI=1S/C10H20N2O6/c1-16-8(17-2)7-12-10(15)9(14)11-3-5-18-6-4-13/h8,13H,3-7H2,1-2H3,(H,11,14)(H,12,15). The molecule has 3 N–H and O–H groups in total. The number of carbonyl (C=O) groups is 2. The average molecular weight is 264 g/mol. The molecule has 0 aliphatic carbocycles. The highest BCUT2D eigenvalue weighted by Gasteiger charge is 2.14. The second-order valence-corrected chi connectivity index (χ2v) is 3.20. The highest BCUT2D eigenvalue weighted by atomic mass is 16.7. The van der Waals surface area contributed by atoms with E-state index in [4.69, 9.17) is 19.3 Å². The molecule has 0 aromatic carbocycles. The molecule has 0 rings (SSSR count). The molecule has 0 aromatic heterocycles. The third-order valence-corrected chi connectivity index (χ3v) is 1.93. The van der Waals surface area contributed by atoms with Gasteiger partial charge in [-0.25, -0.2) is 0 Å². The van der Waals surface area contributed by atoms with Gasteiger partial charge in [0.05, 0.1) is 26.4 Å². The summed E-state index contributed by atoms with van der Waals surface area (Å²) in [6.45, 7) is 0.637. The van der Waals surface area contributed by atoms with Crippen LogP contribution in [0.25, 0.3) is 0 Å². The largest absolute Gasteiger partial charge is 0.394 e. The fraction of sp³-hybridized carbons (Fsp3) is 0.800. The molecule has 0 radical (unpaired) electrons. The maximum absolute atomic E-state index is 11.3. The van der Waals surface area contributed by atoms with Gasteiger partial charge in [-0.3, -0.25) is 9.59 Å². The fourth-order valence-electron chi connectivity index (χ4n) is 1.00. The van der Waals surface area contributed by atoms with Crippen molar-refractivity contribution in [2.24, 2.45) is 0 Å². The third kappa shape index (κ3) is 7.96. The van der Waals surface area contributed by atoms with Crippen molar-refractivity contribution in [1.82, 2.24) is 10.6 Å². The summed E-state index contributed by atoms with van der Waals surface area (Å²) in [5.41, 5.74) is 0. The zero-order valence-corrected chi connectivity index (χ0v) is 10.6. The number of hydrogen-bond donors (Lipinski definition) is 3. The molecule has 0 fully saturated rings.